The van der Waals surface area contributed by atoms with Crippen molar-refractivity contribution in [3.05, 3.63) is 80.6 Å². The second kappa shape index (κ2) is 6.92. The van der Waals surface area contributed by atoms with Crippen LogP contribution in [0.3, 0.4) is 0 Å². The highest BCUT2D eigenvalue weighted by Crippen LogP contribution is 2.42. The van der Waals surface area contributed by atoms with E-state index in [0.717, 1.165) is 11.1 Å². The largest absolute Gasteiger partial charge is 0.372 e. The summed E-state index contributed by atoms with van der Waals surface area (Å²) >= 11 is 0. The van der Waals surface area contributed by atoms with E-state index < -0.39 is 17.0 Å². The Bertz CT molecular complexity index is 960. The summed E-state index contributed by atoms with van der Waals surface area (Å²) in [6.07, 6.45) is 2.79. The molecule has 1 aromatic heterocycles. The Hall–Kier alpha value is -2.48. The summed E-state index contributed by atoms with van der Waals surface area (Å²) < 4.78 is 19.4. The highest BCUT2D eigenvalue weighted by atomic mass is 16.8. The molecule has 0 radical (unpaired) electrons. The van der Waals surface area contributed by atoms with E-state index >= 15 is 0 Å². The Morgan fingerprint density at radius 2 is 1.89 bits per heavy atom. The van der Waals surface area contributed by atoms with Crippen LogP contribution in [0, 0.1) is 0 Å². The van der Waals surface area contributed by atoms with E-state index in [1.807, 2.05) is 50.3 Å². The fraction of sp³-hybridized carbons (Fsp3) is 0.400. The number of ether oxygens (including phenoxy) is 3. The molecule has 1 aromatic carbocycles. The zero-order chi connectivity index (χ0) is 19.0. The first-order valence-corrected chi connectivity index (χ1v) is 8.92. The summed E-state index contributed by atoms with van der Waals surface area (Å²) in [5.74, 6) is -0.752. The number of aromatic nitrogens is 2. The lowest BCUT2D eigenvalue weighted by Crippen LogP contribution is -2.37. The second-order valence-corrected chi connectivity index (χ2v) is 7.25. The van der Waals surface area contributed by atoms with Gasteiger partial charge in [0.1, 0.15) is 12.2 Å². The summed E-state index contributed by atoms with van der Waals surface area (Å²) in [5.41, 5.74) is 1.13. The van der Waals surface area contributed by atoms with Gasteiger partial charge in [0.15, 0.2) is 5.79 Å². The van der Waals surface area contributed by atoms with Gasteiger partial charge in [0.05, 0.1) is 19.3 Å². The molecule has 1 N–H and O–H groups in total. The van der Waals surface area contributed by atoms with Gasteiger partial charge in [-0.15, -0.1) is 0 Å². The number of nitrogens with zero attached hydrogens (tertiary/aromatic N) is 1. The van der Waals surface area contributed by atoms with Crippen molar-refractivity contribution in [1.29, 1.82) is 0 Å². The quantitative estimate of drug-likeness (QED) is 0.811. The van der Waals surface area contributed by atoms with Crippen molar-refractivity contribution >= 4 is 0 Å². The molecule has 1 fully saturated rings. The maximum Gasteiger partial charge on any atom is 0.328 e. The third-order valence-corrected chi connectivity index (χ3v) is 4.77. The van der Waals surface area contributed by atoms with Gasteiger partial charge in [0.25, 0.3) is 5.56 Å². The monoisotopic (exact) mass is 370 g/mol. The lowest BCUT2D eigenvalue weighted by Gasteiger charge is -2.21. The Labute approximate surface area is 156 Å². The van der Waals surface area contributed by atoms with Crippen LogP contribution < -0.4 is 11.2 Å². The molecule has 1 saturated heterocycles. The molecule has 0 bridgehead atoms. The first kappa shape index (κ1) is 17.9. The molecular weight excluding hydrogens is 348 g/mol. The van der Waals surface area contributed by atoms with Crippen molar-refractivity contribution in [3.63, 3.8) is 0 Å². The summed E-state index contributed by atoms with van der Waals surface area (Å²) in [4.78, 5) is 25.9. The van der Waals surface area contributed by atoms with Crippen molar-refractivity contribution in [2.45, 2.75) is 44.5 Å². The minimum Gasteiger partial charge on any atom is -0.372 e. The molecule has 2 aliphatic rings. The van der Waals surface area contributed by atoms with Gasteiger partial charge in [-0.3, -0.25) is 14.3 Å². The van der Waals surface area contributed by atoms with Crippen LogP contribution in [0.4, 0.5) is 0 Å². The SMILES string of the molecule is CC1(C)O[C@@H]2[C@@H](O1)C(COCc1ccccc1)=C[C@@H]2n1ccc(=O)[nH]c1=O. The third kappa shape index (κ3) is 3.66. The number of hydrogen-bond donors (Lipinski definition) is 1. The molecule has 142 valence electrons. The van der Waals surface area contributed by atoms with Crippen LogP contribution in [-0.2, 0) is 20.8 Å². The second-order valence-electron chi connectivity index (χ2n) is 7.25. The number of aromatic amines is 1. The van der Waals surface area contributed by atoms with Crippen molar-refractivity contribution in [1.82, 2.24) is 9.55 Å². The Kier molecular flexibility index (Phi) is 4.59. The molecular formula is C20H22N2O5. The Morgan fingerprint density at radius 3 is 2.63 bits per heavy atom. The van der Waals surface area contributed by atoms with Gasteiger partial charge in [-0.2, -0.15) is 0 Å². The van der Waals surface area contributed by atoms with Gasteiger partial charge >= 0.3 is 5.69 Å². The first-order chi connectivity index (χ1) is 12.9. The number of fused-ring (bicyclic) bond motifs is 1. The average Bonchev–Trinajstić information content (AvgIpc) is 3.10. The van der Waals surface area contributed by atoms with Crippen LogP contribution in [0.2, 0.25) is 0 Å². The van der Waals surface area contributed by atoms with Crippen LogP contribution in [-0.4, -0.2) is 34.2 Å². The van der Waals surface area contributed by atoms with Gasteiger partial charge in [0.2, 0.25) is 0 Å². The minimum atomic E-state index is -0.752. The summed E-state index contributed by atoms with van der Waals surface area (Å²) in [6.45, 7) is 4.56. The van der Waals surface area contributed by atoms with Crippen molar-refractivity contribution in [3.8, 4) is 0 Å². The van der Waals surface area contributed by atoms with Gasteiger partial charge < -0.3 is 14.2 Å². The molecule has 0 amide bonds. The molecule has 0 saturated carbocycles. The summed E-state index contributed by atoms with van der Waals surface area (Å²) in [6, 6.07) is 10.9. The van der Waals surface area contributed by atoms with E-state index in [2.05, 4.69) is 4.98 Å². The van der Waals surface area contributed by atoms with Gasteiger partial charge in [-0.05, 0) is 25.0 Å². The Morgan fingerprint density at radius 1 is 1.11 bits per heavy atom. The van der Waals surface area contributed by atoms with Crippen molar-refractivity contribution in [2.75, 3.05) is 6.61 Å². The molecule has 1 aliphatic heterocycles. The van der Waals surface area contributed by atoms with E-state index in [1.165, 1.54) is 16.8 Å². The van der Waals surface area contributed by atoms with E-state index in [0.29, 0.717) is 13.2 Å². The number of hydrogen-bond acceptors (Lipinski definition) is 5. The molecule has 7 nitrogen and oxygen atoms in total. The predicted molar refractivity (Wildman–Crippen MR) is 98.4 cm³/mol. The molecule has 0 unspecified atom stereocenters. The molecule has 7 heteroatoms. The van der Waals surface area contributed by atoms with Gasteiger partial charge in [-0.1, -0.05) is 36.4 Å². The standard InChI is InChI=1S/C20H22N2O5/c1-20(2)26-17-14(12-25-11-13-6-4-3-5-7-13)10-15(18(17)27-20)22-9-8-16(23)21-19(22)24/h3-10,15,17-18H,11-12H2,1-2H3,(H,21,23,24)/t15-,17-,18-/m0/s1. The summed E-state index contributed by atoms with van der Waals surface area (Å²) in [7, 11) is 0. The van der Waals surface area contributed by atoms with Crippen LogP contribution in [0.25, 0.3) is 0 Å². The van der Waals surface area contributed by atoms with E-state index in [-0.39, 0.29) is 18.2 Å². The topological polar surface area (TPSA) is 82.6 Å². The van der Waals surface area contributed by atoms with Crippen molar-refractivity contribution < 1.29 is 14.2 Å². The molecule has 1 aliphatic carbocycles. The molecule has 0 spiro atoms. The van der Waals surface area contributed by atoms with E-state index in [1.54, 1.807) is 0 Å². The van der Waals surface area contributed by atoms with Crippen LogP contribution in [0.5, 0.6) is 0 Å². The van der Waals surface area contributed by atoms with Crippen molar-refractivity contribution in [2.24, 2.45) is 0 Å². The van der Waals surface area contributed by atoms with Gasteiger partial charge in [-0.25, -0.2) is 4.79 Å². The molecule has 3 atom stereocenters. The van der Waals surface area contributed by atoms with E-state index in [4.69, 9.17) is 14.2 Å². The highest BCUT2D eigenvalue weighted by molar-refractivity contribution is 5.26. The third-order valence-electron chi connectivity index (χ3n) is 4.77. The lowest BCUT2D eigenvalue weighted by atomic mass is 10.1. The molecule has 2 aromatic rings. The van der Waals surface area contributed by atoms with Crippen LogP contribution >= 0.6 is 0 Å². The highest BCUT2D eigenvalue weighted by Gasteiger charge is 2.50. The zero-order valence-electron chi connectivity index (χ0n) is 15.3. The summed E-state index contributed by atoms with van der Waals surface area (Å²) in [5, 5.41) is 0. The fourth-order valence-electron chi connectivity index (χ4n) is 3.63. The lowest BCUT2D eigenvalue weighted by molar-refractivity contribution is -0.148. The van der Waals surface area contributed by atoms with Crippen LogP contribution in [0.15, 0.2) is 63.8 Å². The molecule has 2 heterocycles. The number of H-pyrrole nitrogens is 1. The fourth-order valence-corrected chi connectivity index (χ4v) is 3.63. The van der Waals surface area contributed by atoms with Crippen LogP contribution in [0.1, 0.15) is 25.5 Å². The zero-order valence-corrected chi connectivity index (χ0v) is 15.3. The number of nitrogens with one attached hydrogen (secondary N) is 1. The normalized spacial score (nSPS) is 26.0. The number of benzene rings is 1. The van der Waals surface area contributed by atoms with Gasteiger partial charge in [0, 0.05) is 12.3 Å². The molecule has 27 heavy (non-hydrogen) atoms. The minimum absolute atomic E-state index is 0.292. The van der Waals surface area contributed by atoms with E-state index in [9.17, 15) is 9.59 Å². The maximum absolute atomic E-state index is 12.2. The smallest absolute Gasteiger partial charge is 0.328 e. The first-order valence-electron chi connectivity index (χ1n) is 8.92. The number of rotatable bonds is 5. The maximum atomic E-state index is 12.2. The molecule has 4 rings (SSSR count). The average molecular weight is 370 g/mol. The Balaban J connectivity index is 1.56. The predicted octanol–water partition coefficient (Wildman–Crippen LogP) is 1.75.